The number of carbonyl (C=O) groups excluding carboxylic acids is 2. The summed E-state index contributed by atoms with van der Waals surface area (Å²) >= 11 is 1.39. The highest BCUT2D eigenvalue weighted by Gasteiger charge is 2.36. The number of aliphatic carboxylic acids is 1. The first-order valence-corrected chi connectivity index (χ1v) is 12.3. The van der Waals surface area contributed by atoms with Crippen molar-refractivity contribution in [1.82, 2.24) is 20.0 Å². The molecule has 1 aliphatic heterocycles. The van der Waals surface area contributed by atoms with Gasteiger partial charge in [-0.2, -0.15) is 5.10 Å². The molecule has 2 amide bonds. The van der Waals surface area contributed by atoms with E-state index in [1.165, 1.54) is 27.5 Å². The number of carboxylic acids is 1. The number of hydrogen-bond acceptors (Lipinski definition) is 6. The average molecular weight is 493 g/mol. The Hall–Kier alpha value is -3.79. The highest BCUT2D eigenvalue weighted by Crippen LogP contribution is 2.44. The lowest BCUT2D eigenvalue weighted by Gasteiger charge is -2.20. The SMILES string of the molecule is Cn1ncc(C(=O)N2CSC[C@H]2C(=O)O)c1CNC(=O)OCC1c2ccccc2-c2ccccc21. The van der Waals surface area contributed by atoms with Gasteiger partial charge in [0, 0.05) is 18.7 Å². The molecule has 180 valence electrons. The van der Waals surface area contributed by atoms with Gasteiger partial charge >= 0.3 is 12.1 Å². The number of rotatable bonds is 6. The number of nitrogens with one attached hydrogen (secondary N) is 1. The Morgan fingerprint density at radius 2 is 1.77 bits per heavy atom. The molecule has 5 rings (SSSR count). The molecular weight excluding hydrogens is 468 g/mol. The Morgan fingerprint density at radius 3 is 2.43 bits per heavy atom. The molecule has 2 heterocycles. The van der Waals surface area contributed by atoms with Gasteiger partial charge in [-0.25, -0.2) is 9.59 Å². The number of nitrogens with zero attached hydrogens (tertiary/aromatic N) is 3. The first kappa shape index (κ1) is 23.0. The number of amides is 2. The largest absolute Gasteiger partial charge is 0.480 e. The molecule has 0 spiro atoms. The Morgan fingerprint density at radius 1 is 1.11 bits per heavy atom. The average Bonchev–Trinajstić information content (AvgIpc) is 3.57. The van der Waals surface area contributed by atoms with E-state index in [9.17, 15) is 19.5 Å². The number of ether oxygens (including phenoxy) is 1. The lowest BCUT2D eigenvalue weighted by atomic mass is 9.98. The van der Waals surface area contributed by atoms with Gasteiger partial charge in [-0.3, -0.25) is 9.48 Å². The number of hydrogen-bond donors (Lipinski definition) is 2. The van der Waals surface area contributed by atoms with Crippen LogP contribution in [-0.4, -0.2) is 62.0 Å². The number of thioether (sulfide) groups is 1. The molecule has 3 aromatic rings. The van der Waals surface area contributed by atoms with Crippen molar-refractivity contribution in [3.63, 3.8) is 0 Å². The summed E-state index contributed by atoms with van der Waals surface area (Å²) < 4.78 is 7.07. The van der Waals surface area contributed by atoms with Crippen LogP contribution in [0.3, 0.4) is 0 Å². The summed E-state index contributed by atoms with van der Waals surface area (Å²) in [6.45, 7) is 0.204. The molecule has 9 nitrogen and oxygen atoms in total. The van der Waals surface area contributed by atoms with Crippen molar-refractivity contribution in [2.45, 2.75) is 18.5 Å². The number of benzene rings is 2. The van der Waals surface area contributed by atoms with Gasteiger partial charge < -0.3 is 20.1 Å². The zero-order chi connectivity index (χ0) is 24.5. The third-order valence-electron chi connectivity index (χ3n) is 6.46. The van der Waals surface area contributed by atoms with Gasteiger partial charge in [-0.15, -0.1) is 11.8 Å². The molecule has 0 bridgehead atoms. The summed E-state index contributed by atoms with van der Waals surface area (Å²) in [6.07, 6.45) is 0.797. The fourth-order valence-electron chi connectivity index (χ4n) is 4.66. The summed E-state index contributed by atoms with van der Waals surface area (Å²) in [5.74, 6) is -0.869. The predicted octanol–water partition coefficient (Wildman–Crippen LogP) is 3.06. The quantitative estimate of drug-likeness (QED) is 0.544. The van der Waals surface area contributed by atoms with Gasteiger partial charge in [0.05, 0.1) is 29.9 Å². The topological polar surface area (TPSA) is 114 Å². The van der Waals surface area contributed by atoms with E-state index in [1.54, 1.807) is 7.05 Å². The number of fused-ring (bicyclic) bond motifs is 3. The van der Waals surface area contributed by atoms with Crippen LogP contribution in [-0.2, 0) is 23.1 Å². The normalized spacial score (nSPS) is 16.6. The lowest BCUT2D eigenvalue weighted by Crippen LogP contribution is -2.42. The molecule has 2 aromatic carbocycles. The van der Waals surface area contributed by atoms with Gasteiger partial charge in [0.2, 0.25) is 0 Å². The van der Waals surface area contributed by atoms with Crippen molar-refractivity contribution >= 4 is 29.7 Å². The number of aromatic nitrogens is 2. The van der Waals surface area contributed by atoms with E-state index in [0.717, 1.165) is 22.3 Å². The highest BCUT2D eigenvalue weighted by molar-refractivity contribution is 7.99. The Balaban J connectivity index is 1.24. The van der Waals surface area contributed by atoms with Crippen molar-refractivity contribution in [1.29, 1.82) is 0 Å². The van der Waals surface area contributed by atoms with Crippen LogP contribution < -0.4 is 5.32 Å². The van der Waals surface area contributed by atoms with E-state index in [0.29, 0.717) is 17.3 Å². The van der Waals surface area contributed by atoms with Crippen molar-refractivity contribution in [3.8, 4) is 11.1 Å². The molecule has 2 aliphatic rings. The summed E-state index contributed by atoms with van der Waals surface area (Å²) in [4.78, 5) is 38.4. The maximum atomic E-state index is 13.0. The van der Waals surface area contributed by atoms with Crippen LogP contribution in [0.5, 0.6) is 0 Å². The van der Waals surface area contributed by atoms with Crippen LogP contribution in [0, 0.1) is 0 Å². The predicted molar refractivity (Wildman–Crippen MR) is 130 cm³/mol. The van der Waals surface area contributed by atoms with E-state index in [-0.39, 0.29) is 24.6 Å². The molecule has 0 saturated carbocycles. The molecule has 1 fully saturated rings. The summed E-state index contributed by atoms with van der Waals surface area (Å²) in [5.41, 5.74) is 5.28. The van der Waals surface area contributed by atoms with Gasteiger partial charge in [0.25, 0.3) is 5.91 Å². The first-order chi connectivity index (χ1) is 17.0. The monoisotopic (exact) mass is 492 g/mol. The number of carboxylic acid groups (broad SMARTS) is 1. The minimum atomic E-state index is -1.04. The van der Waals surface area contributed by atoms with Crippen LogP contribution in [0.1, 0.15) is 33.1 Å². The summed E-state index contributed by atoms with van der Waals surface area (Å²) in [7, 11) is 1.67. The third-order valence-corrected chi connectivity index (χ3v) is 7.48. The van der Waals surface area contributed by atoms with Crippen molar-refractivity contribution < 1.29 is 24.2 Å². The molecule has 1 saturated heterocycles. The fourth-order valence-corrected chi connectivity index (χ4v) is 5.80. The fraction of sp³-hybridized carbons (Fsp3) is 0.280. The first-order valence-electron chi connectivity index (χ1n) is 11.2. The highest BCUT2D eigenvalue weighted by atomic mass is 32.2. The molecule has 1 aliphatic carbocycles. The lowest BCUT2D eigenvalue weighted by molar-refractivity contribution is -0.140. The molecule has 2 N–H and O–H groups in total. The second kappa shape index (κ2) is 9.46. The maximum Gasteiger partial charge on any atom is 0.407 e. The number of alkyl carbamates (subject to hydrolysis) is 1. The van der Waals surface area contributed by atoms with Crippen LogP contribution in [0.25, 0.3) is 11.1 Å². The van der Waals surface area contributed by atoms with Crippen LogP contribution in [0.4, 0.5) is 4.79 Å². The second-order valence-electron chi connectivity index (χ2n) is 8.44. The second-order valence-corrected chi connectivity index (χ2v) is 9.44. The smallest absolute Gasteiger partial charge is 0.407 e. The Kier molecular flexibility index (Phi) is 6.21. The molecule has 0 unspecified atom stereocenters. The minimum Gasteiger partial charge on any atom is -0.480 e. The van der Waals surface area contributed by atoms with Crippen LogP contribution in [0.15, 0.2) is 54.7 Å². The van der Waals surface area contributed by atoms with Gasteiger partial charge in [-0.05, 0) is 22.3 Å². The third kappa shape index (κ3) is 4.25. The van der Waals surface area contributed by atoms with E-state index in [4.69, 9.17) is 4.74 Å². The molecule has 1 aromatic heterocycles. The van der Waals surface area contributed by atoms with Gasteiger partial charge in [0.15, 0.2) is 0 Å². The van der Waals surface area contributed by atoms with Gasteiger partial charge in [-0.1, -0.05) is 48.5 Å². The van der Waals surface area contributed by atoms with Crippen molar-refractivity contribution in [3.05, 3.63) is 77.1 Å². The molecular formula is C25H24N4O5S. The Bertz CT molecular complexity index is 1260. The zero-order valence-corrected chi connectivity index (χ0v) is 19.8. The maximum absolute atomic E-state index is 13.0. The number of aryl methyl sites for hydroxylation is 1. The van der Waals surface area contributed by atoms with E-state index < -0.39 is 24.0 Å². The van der Waals surface area contributed by atoms with Crippen LogP contribution in [0.2, 0.25) is 0 Å². The number of carbonyl (C=O) groups is 3. The molecule has 35 heavy (non-hydrogen) atoms. The van der Waals surface area contributed by atoms with Crippen molar-refractivity contribution in [2.75, 3.05) is 18.2 Å². The standard InChI is InChI=1S/C25H24N4O5S/c1-28-21(19(10-27-28)23(30)29-14-35-13-22(29)24(31)32)11-26-25(33)34-12-20-17-8-4-2-6-15(17)16-7-3-5-9-18(16)20/h2-10,20,22H,11-14H2,1H3,(H,26,33)(H,31,32)/t22-/m0/s1. The zero-order valence-electron chi connectivity index (χ0n) is 19.0. The van der Waals surface area contributed by atoms with E-state index >= 15 is 0 Å². The van der Waals surface area contributed by atoms with Crippen molar-refractivity contribution in [2.24, 2.45) is 7.05 Å². The minimum absolute atomic E-state index is 0.0208. The van der Waals surface area contributed by atoms with Gasteiger partial charge in [0.1, 0.15) is 12.6 Å². The van der Waals surface area contributed by atoms with Crippen LogP contribution >= 0.6 is 11.8 Å². The van der Waals surface area contributed by atoms with E-state index in [2.05, 4.69) is 34.7 Å². The summed E-state index contributed by atoms with van der Waals surface area (Å²) in [6, 6.07) is 15.3. The summed E-state index contributed by atoms with van der Waals surface area (Å²) in [5, 5.41) is 16.2. The molecule has 0 radical (unpaired) electrons. The molecule has 1 atom stereocenters. The van der Waals surface area contributed by atoms with E-state index in [1.807, 2.05) is 24.3 Å². The molecule has 10 heteroatoms. The Labute approximate surface area is 206 Å².